The lowest BCUT2D eigenvalue weighted by Crippen LogP contribution is -2.41. The number of aliphatic hydroxyl groups excluding tert-OH is 1. The third-order valence-electron chi connectivity index (χ3n) is 5.17. The summed E-state index contributed by atoms with van der Waals surface area (Å²) in [6.07, 6.45) is 6.41. The molecular weight excluding hydrogens is 351 g/mol. The van der Waals surface area contributed by atoms with Gasteiger partial charge in [0.15, 0.2) is 0 Å². The van der Waals surface area contributed by atoms with E-state index in [4.69, 9.17) is 0 Å². The second kappa shape index (κ2) is 8.73. The lowest BCUT2D eigenvalue weighted by atomic mass is 9.74. The topological polar surface area (TPSA) is 62.2 Å². The minimum Gasteiger partial charge on any atom is -0.396 e. The van der Waals surface area contributed by atoms with E-state index < -0.39 is 0 Å². The average molecular weight is 376 g/mol. The molecule has 1 aliphatic rings. The van der Waals surface area contributed by atoms with Crippen molar-refractivity contribution in [1.82, 2.24) is 10.3 Å². The van der Waals surface area contributed by atoms with Crippen LogP contribution in [0.25, 0.3) is 11.3 Å². The number of aryl methyl sites for hydroxylation is 1. The van der Waals surface area contributed by atoms with Crippen molar-refractivity contribution < 1.29 is 14.3 Å². The molecular formula is C20H25FN2O2S. The molecule has 2 aromatic rings. The summed E-state index contributed by atoms with van der Waals surface area (Å²) in [4.78, 5) is 16.7. The SMILES string of the molecule is O=C(CCc1nc(-c2ccc(F)cc2)cs1)NCC1(CO)CCCCC1. The molecule has 1 aromatic carbocycles. The molecule has 0 spiro atoms. The highest BCUT2D eigenvalue weighted by Gasteiger charge is 2.31. The van der Waals surface area contributed by atoms with Crippen LogP contribution in [0.2, 0.25) is 0 Å². The highest BCUT2D eigenvalue weighted by Crippen LogP contribution is 2.35. The molecule has 1 heterocycles. The summed E-state index contributed by atoms with van der Waals surface area (Å²) in [6, 6.07) is 6.26. The summed E-state index contributed by atoms with van der Waals surface area (Å²) in [5.41, 5.74) is 1.55. The van der Waals surface area contributed by atoms with Gasteiger partial charge in [-0.05, 0) is 37.1 Å². The van der Waals surface area contributed by atoms with Crippen molar-refractivity contribution in [1.29, 1.82) is 0 Å². The van der Waals surface area contributed by atoms with Gasteiger partial charge in [-0.3, -0.25) is 4.79 Å². The zero-order valence-electron chi connectivity index (χ0n) is 14.8. The number of nitrogens with zero attached hydrogens (tertiary/aromatic N) is 1. The van der Waals surface area contributed by atoms with Crippen LogP contribution in [0, 0.1) is 11.2 Å². The number of halogens is 1. The quantitative estimate of drug-likeness (QED) is 0.769. The van der Waals surface area contributed by atoms with E-state index in [0.717, 1.165) is 41.9 Å². The second-order valence-corrected chi connectivity index (χ2v) is 8.07. The summed E-state index contributed by atoms with van der Waals surface area (Å²) in [5, 5.41) is 15.5. The smallest absolute Gasteiger partial charge is 0.220 e. The van der Waals surface area contributed by atoms with Gasteiger partial charge in [0, 0.05) is 35.7 Å². The lowest BCUT2D eigenvalue weighted by molar-refractivity contribution is -0.121. The molecule has 0 saturated heterocycles. The molecule has 1 saturated carbocycles. The Labute approximate surface area is 157 Å². The van der Waals surface area contributed by atoms with Gasteiger partial charge in [-0.2, -0.15) is 0 Å². The lowest BCUT2D eigenvalue weighted by Gasteiger charge is -2.35. The summed E-state index contributed by atoms with van der Waals surface area (Å²) < 4.78 is 13.0. The fraction of sp³-hybridized carbons (Fsp3) is 0.500. The van der Waals surface area contributed by atoms with Gasteiger partial charge in [-0.15, -0.1) is 11.3 Å². The van der Waals surface area contributed by atoms with Crippen molar-refractivity contribution in [3.8, 4) is 11.3 Å². The van der Waals surface area contributed by atoms with Crippen molar-refractivity contribution in [2.45, 2.75) is 44.9 Å². The van der Waals surface area contributed by atoms with Crippen LogP contribution >= 0.6 is 11.3 Å². The first-order chi connectivity index (χ1) is 12.6. The van der Waals surface area contributed by atoms with Crippen LogP contribution in [0.1, 0.15) is 43.5 Å². The number of aliphatic hydroxyl groups is 1. The Morgan fingerprint density at radius 3 is 2.65 bits per heavy atom. The standard InChI is InChI=1S/C20H25FN2O2S/c21-16-6-4-15(5-7-16)17-12-26-19(23-17)9-8-18(25)22-13-20(14-24)10-2-1-3-11-20/h4-7,12,24H,1-3,8-11,13-14H2,(H,22,25). The first-order valence-electron chi connectivity index (χ1n) is 9.18. The van der Waals surface area contributed by atoms with Gasteiger partial charge in [-0.1, -0.05) is 19.3 Å². The Balaban J connectivity index is 1.48. The molecule has 2 N–H and O–H groups in total. The molecule has 4 nitrogen and oxygen atoms in total. The fourth-order valence-electron chi connectivity index (χ4n) is 3.47. The minimum atomic E-state index is -0.264. The summed E-state index contributed by atoms with van der Waals surface area (Å²) >= 11 is 1.52. The summed E-state index contributed by atoms with van der Waals surface area (Å²) in [5.74, 6) is -0.263. The maximum absolute atomic E-state index is 13.0. The maximum Gasteiger partial charge on any atom is 0.220 e. The molecule has 1 fully saturated rings. The van der Waals surface area contributed by atoms with E-state index in [0.29, 0.717) is 19.4 Å². The van der Waals surface area contributed by atoms with Crippen LogP contribution in [-0.4, -0.2) is 29.1 Å². The van der Waals surface area contributed by atoms with E-state index in [1.165, 1.54) is 29.9 Å². The minimum absolute atomic E-state index is 0.00179. The fourth-order valence-corrected chi connectivity index (χ4v) is 4.27. The van der Waals surface area contributed by atoms with E-state index in [1.807, 2.05) is 5.38 Å². The number of aromatic nitrogens is 1. The van der Waals surface area contributed by atoms with E-state index in [-0.39, 0.29) is 23.7 Å². The molecule has 0 atom stereocenters. The largest absolute Gasteiger partial charge is 0.396 e. The Bertz CT molecular complexity index is 724. The van der Waals surface area contributed by atoms with Crippen molar-refractivity contribution in [3.63, 3.8) is 0 Å². The number of carbonyl (C=O) groups is 1. The van der Waals surface area contributed by atoms with Crippen molar-refractivity contribution in [2.75, 3.05) is 13.2 Å². The van der Waals surface area contributed by atoms with Crippen LogP contribution in [0.15, 0.2) is 29.6 Å². The van der Waals surface area contributed by atoms with E-state index >= 15 is 0 Å². The maximum atomic E-state index is 13.0. The Morgan fingerprint density at radius 1 is 1.23 bits per heavy atom. The highest BCUT2D eigenvalue weighted by molar-refractivity contribution is 7.09. The van der Waals surface area contributed by atoms with Gasteiger partial charge in [0.1, 0.15) is 5.82 Å². The number of hydrogen-bond donors (Lipinski definition) is 2. The predicted octanol–water partition coefficient (Wildman–Crippen LogP) is 3.94. The summed E-state index contributed by atoms with van der Waals surface area (Å²) in [7, 11) is 0. The first kappa shape index (κ1) is 19.0. The Hall–Kier alpha value is -1.79. The van der Waals surface area contributed by atoms with E-state index in [1.54, 1.807) is 12.1 Å². The number of nitrogens with one attached hydrogen (secondary N) is 1. The molecule has 3 rings (SSSR count). The molecule has 26 heavy (non-hydrogen) atoms. The number of thiazole rings is 1. The van der Waals surface area contributed by atoms with Crippen molar-refractivity contribution in [3.05, 3.63) is 40.5 Å². The van der Waals surface area contributed by atoms with Crippen LogP contribution in [0.4, 0.5) is 4.39 Å². The predicted molar refractivity (Wildman–Crippen MR) is 101 cm³/mol. The van der Waals surface area contributed by atoms with Crippen LogP contribution in [0.5, 0.6) is 0 Å². The Kier molecular flexibility index (Phi) is 6.38. The third-order valence-corrected chi connectivity index (χ3v) is 6.08. The first-order valence-corrected chi connectivity index (χ1v) is 10.1. The van der Waals surface area contributed by atoms with Crippen molar-refractivity contribution >= 4 is 17.2 Å². The van der Waals surface area contributed by atoms with Crippen LogP contribution in [-0.2, 0) is 11.2 Å². The van der Waals surface area contributed by atoms with E-state index in [9.17, 15) is 14.3 Å². The number of hydrogen-bond acceptors (Lipinski definition) is 4. The Morgan fingerprint density at radius 2 is 1.96 bits per heavy atom. The second-order valence-electron chi connectivity index (χ2n) is 7.13. The molecule has 1 aromatic heterocycles. The molecule has 6 heteroatoms. The van der Waals surface area contributed by atoms with Crippen LogP contribution in [0.3, 0.4) is 0 Å². The number of benzene rings is 1. The molecule has 1 amide bonds. The van der Waals surface area contributed by atoms with Gasteiger partial charge in [0.05, 0.1) is 17.3 Å². The number of carbonyl (C=O) groups excluding carboxylic acids is 1. The van der Waals surface area contributed by atoms with Crippen LogP contribution < -0.4 is 5.32 Å². The van der Waals surface area contributed by atoms with Crippen molar-refractivity contribution in [2.24, 2.45) is 5.41 Å². The third kappa shape index (κ3) is 4.89. The van der Waals surface area contributed by atoms with Gasteiger partial charge in [0.25, 0.3) is 0 Å². The molecule has 0 radical (unpaired) electrons. The van der Waals surface area contributed by atoms with Gasteiger partial charge >= 0.3 is 0 Å². The molecule has 1 aliphatic carbocycles. The van der Waals surface area contributed by atoms with Gasteiger partial charge in [-0.25, -0.2) is 9.37 Å². The number of rotatable bonds is 7. The van der Waals surface area contributed by atoms with Gasteiger partial charge < -0.3 is 10.4 Å². The molecule has 0 bridgehead atoms. The molecule has 0 unspecified atom stereocenters. The monoisotopic (exact) mass is 376 g/mol. The van der Waals surface area contributed by atoms with E-state index in [2.05, 4.69) is 10.3 Å². The molecule has 0 aliphatic heterocycles. The normalized spacial score (nSPS) is 16.4. The summed E-state index contributed by atoms with van der Waals surface area (Å²) in [6.45, 7) is 0.696. The highest BCUT2D eigenvalue weighted by atomic mass is 32.1. The average Bonchev–Trinajstić information content (AvgIpc) is 3.15. The molecule has 140 valence electrons. The zero-order valence-corrected chi connectivity index (χ0v) is 15.7. The number of amides is 1. The zero-order chi connectivity index (χ0) is 18.4. The van der Waals surface area contributed by atoms with Gasteiger partial charge in [0.2, 0.25) is 5.91 Å².